The highest BCUT2D eigenvalue weighted by molar-refractivity contribution is 5.42. The summed E-state index contributed by atoms with van der Waals surface area (Å²) >= 11 is 0. The monoisotopic (exact) mass is 270 g/mol. The van der Waals surface area contributed by atoms with Gasteiger partial charge in [-0.05, 0) is 35.6 Å². The molecular formula is C17H22N2O. The molecule has 0 atom stereocenters. The highest BCUT2D eigenvalue weighted by atomic mass is 16.5. The maximum Gasteiger partial charge on any atom is 0.221 e. The Morgan fingerprint density at radius 3 is 2.45 bits per heavy atom. The van der Waals surface area contributed by atoms with Gasteiger partial charge in [0.25, 0.3) is 0 Å². The van der Waals surface area contributed by atoms with Crippen molar-refractivity contribution in [1.29, 1.82) is 0 Å². The molecule has 0 fully saturated rings. The number of hydrogen-bond donors (Lipinski definition) is 1. The molecule has 0 unspecified atom stereocenters. The van der Waals surface area contributed by atoms with Crippen LogP contribution in [-0.4, -0.2) is 12.0 Å². The van der Waals surface area contributed by atoms with Gasteiger partial charge in [0.15, 0.2) is 0 Å². The fourth-order valence-electron chi connectivity index (χ4n) is 1.95. The van der Waals surface area contributed by atoms with Crippen LogP contribution < -0.4 is 10.1 Å². The summed E-state index contributed by atoms with van der Waals surface area (Å²) < 4.78 is 5.87. The largest absolute Gasteiger partial charge is 0.439 e. The van der Waals surface area contributed by atoms with Gasteiger partial charge in [0.1, 0.15) is 11.6 Å². The minimum atomic E-state index is 0.146. The molecule has 106 valence electrons. The van der Waals surface area contributed by atoms with Gasteiger partial charge in [0, 0.05) is 13.1 Å². The molecule has 2 aromatic rings. The van der Waals surface area contributed by atoms with Gasteiger partial charge in [0.05, 0.1) is 0 Å². The Labute approximate surface area is 121 Å². The van der Waals surface area contributed by atoms with Crippen LogP contribution in [0.1, 0.15) is 31.9 Å². The number of nitrogens with zero attached hydrogens (tertiary/aromatic N) is 1. The van der Waals surface area contributed by atoms with Gasteiger partial charge in [-0.2, -0.15) is 4.98 Å². The molecule has 3 nitrogen and oxygen atoms in total. The highest BCUT2D eigenvalue weighted by Gasteiger charge is 2.15. The van der Waals surface area contributed by atoms with Crippen molar-refractivity contribution < 1.29 is 4.74 Å². The number of benzene rings is 1. The number of nitrogens with one attached hydrogen (secondary N) is 1. The molecule has 2 rings (SSSR count). The van der Waals surface area contributed by atoms with Crippen LogP contribution >= 0.6 is 0 Å². The van der Waals surface area contributed by atoms with E-state index in [1.807, 2.05) is 31.3 Å². The second-order valence-electron chi connectivity index (χ2n) is 5.94. The predicted octanol–water partition coefficient (Wildman–Crippen LogP) is 4.52. The van der Waals surface area contributed by atoms with Gasteiger partial charge in [-0.25, -0.2) is 0 Å². The summed E-state index contributed by atoms with van der Waals surface area (Å²) in [5.41, 5.74) is 2.57. The Morgan fingerprint density at radius 1 is 1.10 bits per heavy atom. The third kappa shape index (κ3) is 3.29. The Kier molecular flexibility index (Phi) is 3.98. The van der Waals surface area contributed by atoms with E-state index in [9.17, 15) is 0 Å². The lowest BCUT2D eigenvalue weighted by Gasteiger charge is -2.20. The number of hydrogen-bond acceptors (Lipinski definition) is 3. The van der Waals surface area contributed by atoms with Crippen LogP contribution in [0.15, 0.2) is 36.4 Å². The first kappa shape index (κ1) is 14.4. The zero-order chi connectivity index (χ0) is 14.8. The molecule has 1 heterocycles. The number of anilines is 1. The van der Waals surface area contributed by atoms with Crippen LogP contribution in [0.3, 0.4) is 0 Å². The summed E-state index contributed by atoms with van der Waals surface area (Å²) in [5.74, 6) is 2.24. The molecule has 0 aliphatic rings. The van der Waals surface area contributed by atoms with E-state index in [4.69, 9.17) is 4.74 Å². The van der Waals surface area contributed by atoms with E-state index < -0.39 is 0 Å². The zero-order valence-electron chi connectivity index (χ0n) is 12.8. The predicted molar refractivity (Wildman–Crippen MR) is 83.7 cm³/mol. The number of aryl methyl sites for hydroxylation is 1. The van der Waals surface area contributed by atoms with Crippen molar-refractivity contribution in [3.8, 4) is 11.6 Å². The highest BCUT2D eigenvalue weighted by Crippen LogP contribution is 2.29. The van der Waals surface area contributed by atoms with Crippen LogP contribution in [0, 0.1) is 6.92 Å². The maximum atomic E-state index is 5.87. The first-order valence-corrected chi connectivity index (χ1v) is 6.84. The van der Waals surface area contributed by atoms with E-state index in [-0.39, 0.29) is 5.41 Å². The minimum Gasteiger partial charge on any atom is -0.439 e. The molecule has 20 heavy (non-hydrogen) atoms. The number of aromatic nitrogens is 1. The van der Waals surface area contributed by atoms with Crippen molar-refractivity contribution in [2.45, 2.75) is 33.1 Å². The van der Waals surface area contributed by atoms with Gasteiger partial charge in [-0.1, -0.05) is 39.0 Å². The van der Waals surface area contributed by atoms with Gasteiger partial charge < -0.3 is 10.1 Å². The number of pyridine rings is 1. The molecule has 0 spiro atoms. The molecule has 0 amide bonds. The average Bonchev–Trinajstić information content (AvgIpc) is 2.40. The van der Waals surface area contributed by atoms with Crippen molar-refractivity contribution in [3.63, 3.8) is 0 Å². The average molecular weight is 270 g/mol. The van der Waals surface area contributed by atoms with Crippen LogP contribution in [0.4, 0.5) is 5.82 Å². The molecule has 0 aliphatic heterocycles. The molecule has 0 saturated heterocycles. The Morgan fingerprint density at radius 2 is 1.85 bits per heavy atom. The topological polar surface area (TPSA) is 34.1 Å². The zero-order valence-corrected chi connectivity index (χ0v) is 12.8. The van der Waals surface area contributed by atoms with Crippen molar-refractivity contribution >= 4 is 5.82 Å². The third-order valence-corrected chi connectivity index (χ3v) is 3.24. The summed E-state index contributed by atoms with van der Waals surface area (Å²) in [6.45, 7) is 8.69. The fraction of sp³-hybridized carbons (Fsp3) is 0.353. The van der Waals surface area contributed by atoms with E-state index >= 15 is 0 Å². The molecule has 0 saturated carbocycles. The van der Waals surface area contributed by atoms with E-state index in [0.717, 1.165) is 17.1 Å². The Bertz CT molecular complexity index is 600. The van der Waals surface area contributed by atoms with E-state index in [1.54, 1.807) is 0 Å². The smallest absolute Gasteiger partial charge is 0.221 e. The molecule has 1 aromatic carbocycles. The third-order valence-electron chi connectivity index (χ3n) is 3.24. The quantitative estimate of drug-likeness (QED) is 0.890. The lowest BCUT2D eigenvalue weighted by molar-refractivity contribution is 0.459. The van der Waals surface area contributed by atoms with Crippen LogP contribution in [-0.2, 0) is 5.41 Å². The summed E-state index contributed by atoms with van der Waals surface area (Å²) in [7, 11) is 1.84. The molecule has 0 bridgehead atoms. The second-order valence-corrected chi connectivity index (χ2v) is 5.94. The molecular weight excluding hydrogens is 248 g/mol. The molecule has 0 radical (unpaired) electrons. The normalized spacial score (nSPS) is 11.2. The fourth-order valence-corrected chi connectivity index (χ4v) is 1.95. The van der Waals surface area contributed by atoms with Crippen molar-refractivity contribution in [3.05, 3.63) is 47.5 Å². The van der Waals surface area contributed by atoms with Gasteiger partial charge in [-0.15, -0.1) is 0 Å². The summed E-state index contributed by atoms with van der Waals surface area (Å²) in [6.07, 6.45) is 0. The standard InChI is InChI=1S/C17H22N2O/c1-12-11-13(17(2,3)4)9-10-14(12)20-16-8-6-7-15(18-5)19-16/h6-11H,1-5H3,(H,18,19). The minimum absolute atomic E-state index is 0.146. The Balaban J connectivity index is 2.25. The molecule has 1 aromatic heterocycles. The van der Waals surface area contributed by atoms with Crippen molar-refractivity contribution in [2.75, 3.05) is 12.4 Å². The lowest BCUT2D eigenvalue weighted by Crippen LogP contribution is -2.11. The van der Waals surface area contributed by atoms with Crippen LogP contribution in [0.2, 0.25) is 0 Å². The van der Waals surface area contributed by atoms with E-state index in [2.05, 4.69) is 50.1 Å². The second kappa shape index (κ2) is 5.53. The van der Waals surface area contributed by atoms with Gasteiger partial charge >= 0.3 is 0 Å². The van der Waals surface area contributed by atoms with E-state index in [0.29, 0.717) is 5.88 Å². The Hall–Kier alpha value is -2.03. The van der Waals surface area contributed by atoms with E-state index in [1.165, 1.54) is 5.56 Å². The molecule has 0 aliphatic carbocycles. The van der Waals surface area contributed by atoms with Crippen LogP contribution in [0.5, 0.6) is 11.6 Å². The molecule has 3 heteroatoms. The first-order chi connectivity index (χ1) is 9.40. The summed E-state index contributed by atoms with van der Waals surface area (Å²) in [4.78, 5) is 4.37. The summed E-state index contributed by atoms with van der Waals surface area (Å²) in [6, 6.07) is 12.0. The molecule has 1 N–H and O–H groups in total. The van der Waals surface area contributed by atoms with Gasteiger partial charge in [0.2, 0.25) is 5.88 Å². The lowest BCUT2D eigenvalue weighted by atomic mass is 9.86. The first-order valence-electron chi connectivity index (χ1n) is 6.84. The number of rotatable bonds is 3. The summed E-state index contributed by atoms with van der Waals surface area (Å²) in [5, 5.41) is 3.01. The van der Waals surface area contributed by atoms with Crippen molar-refractivity contribution in [1.82, 2.24) is 4.98 Å². The SMILES string of the molecule is CNc1cccc(Oc2ccc(C(C)(C)C)cc2C)n1. The maximum absolute atomic E-state index is 5.87. The van der Waals surface area contributed by atoms with Crippen LogP contribution in [0.25, 0.3) is 0 Å². The van der Waals surface area contributed by atoms with Gasteiger partial charge in [-0.3, -0.25) is 0 Å². The number of ether oxygens (including phenoxy) is 1. The van der Waals surface area contributed by atoms with Crippen molar-refractivity contribution in [2.24, 2.45) is 0 Å².